The quantitative estimate of drug-likeness (QED) is 0.847. The van der Waals surface area contributed by atoms with E-state index in [9.17, 15) is 21.9 Å². The Labute approximate surface area is 107 Å². The van der Waals surface area contributed by atoms with Crippen molar-refractivity contribution >= 4 is 19.9 Å². The van der Waals surface area contributed by atoms with Crippen molar-refractivity contribution in [1.82, 2.24) is 4.31 Å². The largest absolute Gasteiger partial charge is 0.377 e. The van der Waals surface area contributed by atoms with Crippen LogP contribution in [0.4, 0.5) is 0 Å². The second-order valence-electron chi connectivity index (χ2n) is 3.88. The highest BCUT2D eigenvalue weighted by Gasteiger charge is 2.30. The summed E-state index contributed by atoms with van der Waals surface area (Å²) in [5, 5.41) is 9.27. The first-order chi connectivity index (χ1) is 8.11. The Balaban J connectivity index is 3.62. The highest BCUT2D eigenvalue weighted by Crippen LogP contribution is 2.25. The molecule has 1 rings (SSSR count). The highest BCUT2D eigenvalue weighted by atomic mass is 32.2. The summed E-state index contributed by atoms with van der Waals surface area (Å²) in [6.07, 6.45) is 0. The fourth-order valence-corrected chi connectivity index (χ4v) is 3.89. The molecule has 8 heteroatoms. The molecule has 0 saturated carbocycles. The summed E-state index contributed by atoms with van der Waals surface area (Å²) in [6, 6.07) is 5.20. The van der Waals surface area contributed by atoms with Crippen molar-refractivity contribution in [2.45, 2.75) is 22.2 Å². The van der Waals surface area contributed by atoms with Gasteiger partial charge in [0, 0.05) is 14.1 Å². The van der Waals surface area contributed by atoms with Crippen molar-refractivity contribution in [3.05, 3.63) is 24.3 Å². The van der Waals surface area contributed by atoms with Crippen LogP contribution >= 0.6 is 0 Å². The molecule has 1 N–H and O–H groups in total. The number of hydrogen-bond acceptors (Lipinski definition) is 5. The van der Waals surface area contributed by atoms with Crippen LogP contribution in [0, 0.1) is 0 Å². The molecule has 0 heterocycles. The molecular formula is C10H15NO5S2. The van der Waals surface area contributed by atoms with Gasteiger partial charge in [-0.3, -0.25) is 0 Å². The fraction of sp³-hybridized carbons (Fsp3) is 0.400. The van der Waals surface area contributed by atoms with Crippen molar-refractivity contribution in [1.29, 1.82) is 0 Å². The summed E-state index contributed by atoms with van der Waals surface area (Å²) in [5.41, 5.74) is -1.67. The Kier molecular flexibility index (Phi) is 4.16. The smallest absolute Gasteiger partial charge is 0.243 e. The molecule has 0 aliphatic carbocycles. The maximum Gasteiger partial charge on any atom is 0.243 e. The van der Waals surface area contributed by atoms with Gasteiger partial charge < -0.3 is 5.11 Å². The van der Waals surface area contributed by atoms with Crippen LogP contribution in [0.1, 0.15) is 6.92 Å². The minimum atomic E-state index is -4.07. The van der Waals surface area contributed by atoms with Gasteiger partial charge in [-0.1, -0.05) is 12.1 Å². The van der Waals surface area contributed by atoms with Crippen LogP contribution in [0.3, 0.4) is 0 Å². The lowest BCUT2D eigenvalue weighted by atomic mass is 10.4. The Bertz CT molecular complexity index is 575. The first-order valence-corrected chi connectivity index (χ1v) is 8.04. The number of hydrogen-bond donors (Lipinski definition) is 1. The molecule has 0 aromatic heterocycles. The number of aliphatic hydroxyl groups is 1. The van der Waals surface area contributed by atoms with E-state index in [2.05, 4.69) is 0 Å². The molecule has 18 heavy (non-hydrogen) atoms. The van der Waals surface area contributed by atoms with Crippen LogP contribution in [0.2, 0.25) is 0 Å². The SMILES string of the molecule is CC(O)S(=O)(=O)c1ccccc1S(=O)(=O)N(C)C. The zero-order valence-corrected chi connectivity index (χ0v) is 11.9. The second-order valence-corrected chi connectivity index (χ2v) is 8.21. The molecule has 1 aromatic rings. The Hall–Kier alpha value is -0.960. The van der Waals surface area contributed by atoms with Gasteiger partial charge in [-0.25, -0.2) is 21.1 Å². The molecular weight excluding hydrogens is 278 g/mol. The zero-order valence-electron chi connectivity index (χ0n) is 10.2. The summed E-state index contributed by atoms with van der Waals surface area (Å²) in [6.45, 7) is 1.08. The van der Waals surface area contributed by atoms with Gasteiger partial charge in [0.2, 0.25) is 19.9 Å². The molecule has 0 fully saturated rings. The topological polar surface area (TPSA) is 91.7 Å². The van der Waals surface area contributed by atoms with Gasteiger partial charge in [0.05, 0.1) is 4.90 Å². The highest BCUT2D eigenvalue weighted by molar-refractivity contribution is 7.93. The number of benzene rings is 1. The fourth-order valence-electron chi connectivity index (χ4n) is 1.28. The van der Waals surface area contributed by atoms with Crippen LogP contribution < -0.4 is 0 Å². The molecule has 0 bridgehead atoms. The normalized spacial score (nSPS) is 14.7. The standard InChI is InChI=1S/C10H15NO5S2/c1-8(12)17(13,14)9-6-4-5-7-10(9)18(15,16)11(2)3/h4-8,12H,1-3H3. The van der Waals surface area contributed by atoms with E-state index in [0.29, 0.717) is 0 Å². The van der Waals surface area contributed by atoms with E-state index >= 15 is 0 Å². The monoisotopic (exact) mass is 293 g/mol. The molecule has 1 unspecified atom stereocenters. The third-order valence-corrected chi connectivity index (χ3v) is 6.23. The maximum atomic E-state index is 12.0. The van der Waals surface area contributed by atoms with E-state index in [4.69, 9.17) is 0 Å². The van der Waals surface area contributed by atoms with Crippen LogP contribution in [-0.2, 0) is 19.9 Å². The molecule has 6 nitrogen and oxygen atoms in total. The minimum absolute atomic E-state index is 0.337. The lowest BCUT2D eigenvalue weighted by molar-refractivity contribution is 0.268. The molecule has 0 aliphatic heterocycles. The molecule has 0 saturated heterocycles. The molecule has 0 spiro atoms. The van der Waals surface area contributed by atoms with Crippen LogP contribution in [0.15, 0.2) is 34.1 Å². The predicted octanol–water partition coefficient (Wildman–Crippen LogP) is 0.0489. The number of nitrogens with zero attached hydrogens (tertiary/aromatic N) is 1. The second kappa shape index (κ2) is 4.96. The number of sulfone groups is 1. The summed E-state index contributed by atoms with van der Waals surface area (Å²) >= 11 is 0. The number of rotatable bonds is 4. The molecule has 0 aliphatic rings. The van der Waals surface area contributed by atoms with E-state index in [-0.39, 0.29) is 4.90 Å². The lowest BCUT2D eigenvalue weighted by Gasteiger charge is -2.16. The molecule has 1 atom stereocenters. The Morgan fingerprint density at radius 1 is 1.06 bits per heavy atom. The maximum absolute atomic E-state index is 12.0. The Morgan fingerprint density at radius 2 is 1.50 bits per heavy atom. The van der Waals surface area contributed by atoms with E-state index in [0.717, 1.165) is 11.2 Å². The first kappa shape index (κ1) is 15.1. The van der Waals surface area contributed by atoms with Gasteiger partial charge in [0.15, 0.2) is 5.44 Å². The lowest BCUT2D eigenvalue weighted by Crippen LogP contribution is -2.26. The summed E-state index contributed by atoms with van der Waals surface area (Å²) in [7, 11) is -5.34. The predicted molar refractivity (Wildman–Crippen MR) is 66.2 cm³/mol. The third kappa shape index (κ3) is 2.56. The average molecular weight is 293 g/mol. The van der Waals surface area contributed by atoms with Gasteiger partial charge in [-0.2, -0.15) is 0 Å². The van der Waals surface area contributed by atoms with Gasteiger partial charge in [-0.15, -0.1) is 0 Å². The minimum Gasteiger partial charge on any atom is -0.377 e. The van der Waals surface area contributed by atoms with E-state index < -0.39 is 30.2 Å². The van der Waals surface area contributed by atoms with Gasteiger partial charge >= 0.3 is 0 Å². The number of aliphatic hydroxyl groups excluding tert-OH is 1. The van der Waals surface area contributed by atoms with Crippen molar-refractivity contribution in [2.24, 2.45) is 0 Å². The molecule has 0 radical (unpaired) electrons. The Morgan fingerprint density at radius 3 is 1.89 bits per heavy atom. The van der Waals surface area contributed by atoms with Crippen LogP contribution in [0.25, 0.3) is 0 Å². The zero-order chi connectivity index (χ0) is 14.1. The van der Waals surface area contributed by atoms with E-state index in [1.54, 1.807) is 0 Å². The number of sulfonamides is 1. The summed E-state index contributed by atoms with van der Waals surface area (Å²) in [4.78, 5) is -0.732. The van der Waals surface area contributed by atoms with Gasteiger partial charge in [0.1, 0.15) is 4.90 Å². The molecule has 1 aromatic carbocycles. The van der Waals surface area contributed by atoms with Crippen molar-refractivity contribution in [3.63, 3.8) is 0 Å². The van der Waals surface area contributed by atoms with Crippen LogP contribution in [0.5, 0.6) is 0 Å². The third-order valence-electron chi connectivity index (χ3n) is 2.36. The van der Waals surface area contributed by atoms with Crippen molar-refractivity contribution in [3.8, 4) is 0 Å². The van der Waals surface area contributed by atoms with Gasteiger partial charge in [-0.05, 0) is 19.1 Å². The van der Waals surface area contributed by atoms with Gasteiger partial charge in [0.25, 0.3) is 0 Å². The van der Waals surface area contributed by atoms with E-state index in [1.807, 2.05) is 0 Å². The summed E-state index contributed by atoms with van der Waals surface area (Å²) in [5.74, 6) is 0. The average Bonchev–Trinajstić information content (AvgIpc) is 2.28. The molecule has 0 amide bonds. The summed E-state index contributed by atoms with van der Waals surface area (Å²) < 4.78 is 48.7. The van der Waals surface area contributed by atoms with Crippen LogP contribution in [-0.4, -0.2) is 45.8 Å². The van der Waals surface area contributed by atoms with E-state index in [1.165, 1.54) is 38.4 Å². The van der Waals surface area contributed by atoms with Crippen molar-refractivity contribution in [2.75, 3.05) is 14.1 Å². The van der Waals surface area contributed by atoms with Crippen molar-refractivity contribution < 1.29 is 21.9 Å². The first-order valence-electron chi connectivity index (χ1n) is 5.05. The molecule has 102 valence electrons.